The molecule has 0 saturated carbocycles. The highest BCUT2D eigenvalue weighted by atomic mass is 16.5. The third-order valence-corrected chi connectivity index (χ3v) is 5.49. The molecule has 0 unspecified atom stereocenters. The van der Waals surface area contributed by atoms with Gasteiger partial charge in [0.1, 0.15) is 5.75 Å². The molecule has 2 aliphatic rings. The highest BCUT2D eigenvalue weighted by Gasteiger charge is 2.22. The summed E-state index contributed by atoms with van der Waals surface area (Å²) in [5.74, 6) is 0.871. The lowest BCUT2D eigenvalue weighted by atomic mass is 10.0. The maximum Gasteiger partial charge on any atom is 0.260 e. The minimum Gasteiger partial charge on any atom is -0.484 e. The SMILES string of the molecule is COC[C@@H]1CCCCN1Cc1ccc(OCC(=O)N2CCCCC2)cc1. The summed E-state index contributed by atoms with van der Waals surface area (Å²) in [7, 11) is 1.78. The van der Waals surface area contributed by atoms with Crippen LogP contribution in [-0.4, -0.2) is 61.7 Å². The predicted molar refractivity (Wildman–Crippen MR) is 102 cm³/mol. The van der Waals surface area contributed by atoms with Crippen LogP contribution in [0.3, 0.4) is 0 Å². The van der Waals surface area contributed by atoms with Crippen molar-refractivity contribution < 1.29 is 14.3 Å². The van der Waals surface area contributed by atoms with Crippen LogP contribution < -0.4 is 4.74 Å². The highest BCUT2D eigenvalue weighted by Crippen LogP contribution is 2.21. The molecular formula is C21H32N2O3. The fourth-order valence-electron chi connectivity index (χ4n) is 3.95. The Morgan fingerprint density at radius 3 is 2.50 bits per heavy atom. The zero-order chi connectivity index (χ0) is 18.2. The molecule has 0 bridgehead atoms. The van der Waals surface area contributed by atoms with E-state index in [1.54, 1.807) is 7.11 Å². The number of methoxy groups -OCH3 is 1. The first-order valence-electron chi connectivity index (χ1n) is 9.99. The van der Waals surface area contributed by atoms with E-state index in [0.29, 0.717) is 6.04 Å². The molecule has 1 aromatic carbocycles. The van der Waals surface area contributed by atoms with Crippen molar-refractivity contribution >= 4 is 5.91 Å². The Balaban J connectivity index is 1.47. The molecule has 0 aromatic heterocycles. The molecule has 2 saturated heterocycles. The Kier molecular flexibility index (Phi) is 7.32. The fourth-order valence-corrected chi connectivity index (χ4v) is 3.95. The molecule has 0 radical (unpaired) electrons. The van der Waals surface area contributed by atoms with Crippen molar-refractivity contribution in [1.29, 1.82) is 0 Å². The van der Waals surface area contributed by atoms with Gasteiger partial charge in [-0.25, -0.2) is 0 Å². The van der Waals surface area contributed by atoms with Crippen molar-refractivity contribution in [1.82, 2.24) is 9.80 Å². The second-order valence-electron chi connectivity index (χ2n) is 7.45. The first kappa shape index (κ1) is 19.2. The van der Waals surface area contributed by atoms with E-state index in [0.717, 1.165) is 51.4 Å². The number of hydrogen-bond acceptors (Lipinski definition) is 4. The number of rotatable bonds is 7. The van der Waals surface area contributed by atoms with Gasteiger partial charge in [0, 0.05) is 32.8 Å². The summed E-state index contributed by atoms with van der Waals surface area (Å²) in [5.41, 5.74) is 1.28. The number of benzene rings is 1. The molecule has 1 amide bonds. The van der Waals surface area contributed by atoms with Crippen LogP contribution in [0.4, 0.5) is 0 Å². The predicted octanol–water partition coefficient (Wildman–Crippen LogP) is 3.08. The fraction of sp³-hybridized carbons (Fsp3) is 0.667. The number of piperidine rings is 2. The molecule has 5 heteroatoms. The van der Waals surface area contributed by atoms with E-state index >= 15 is 0 Å². The van der Waals surface area contributed by atoms with Crippen LogP contribution in [0, 0.1) is 0 Å². The monoisotopic (exact) mass is 360 g/mol. The molecule has 2 heterocycles. The van der Waals surface area contributed by atoms with Gasteiger partial charge in [-0.05, 0) is 56.3 Å². The maximum atomic E-state index is 12.2. The summed E-state index contributed by atoms with van der Waals surface area (Å²) in [4.78, 5) is 16.6. The van der Waals surface area contributed by atoms with E-state index in [-0.39, 0.29) is 12.5 Å². The molecule has 0 N–H and O–H groups in total. The minimum atomic E-state index is 0.101. The topological polar surface area (TPSA) is 42.0 Å². The molecule has 0 aliphatic carbocycles. The quantitative estimate of drug-likeness (QED) is 0.749. The van der Waals surface area contributed by atoms with E-state index in [4.69, 9.17) is 9.47 Å². The zero-order valence-corrected chi connectivity index (χ0v) is 16.0. The average molecular weight is 360 g/mol. The van der Waals surface area contributed by atoms with Crippen molar-refractivity contribution in [3.8, 4) is 5.75 Å². The summed E-state index contributed by atoms with van der Waals surface area (Å²) in [6.07, 6.45) is 7.23. The molecule has 1 atom stereocenters. The van der Waals surface area contributed by atoms with Gasteiger partial charge in [-0.15, -0.1) is 0 Å². The van der Waals surface area contributed by atoms with Gasteiger partial charge in [0.25, 0.3) is 5.91 Å². The summed E-state index contributed by atoms with van der Waals surface area (Å²) in [6, 6.07) is 8.70. The molecule has 3 rings (SSSR count). The molecule has 5 nitrogen and oxygen atoms in total. The molecule has 2 fully saturated rings. The maximum absolute atomic E-state index is 12.2. The number of carbonyl (C=O) groups excluding carboxylic acids is 1. The summed E-state index contributed by atoms with van der Waals surface area (Å²) < 4.78 is 11.1. The van der Waals surface area contributed by atoms with Crippen molar-refractivity contribution in [2.45, 2.75) is 51.1 Å². The van der Waals surface area contributed by atoms with Gasteiger partial charge in [-0.3, -0.25) is 9.69 Å². The first-order valence-corrected chi connectivity index (χ1v) is 9.99. The van der Waals surface area contributed by atoms with Gasteiger partial charge < -0.3 is 14.4 Å². The molecule has 26 heavy (non-hydrogen) atoms. The molecule has 0 spiro atoms. The van der Waals surface area contributed by atoms with Crippen molar-refractivity contribution in [3.63, 3.8) is 0 Å². The summed E-state index contributed by atoms with van der Waals surface area (Å²) in [5, 5.41) is 0. The van der Waals surface area contributed by atoms with Crippen LogP contribution in [0.25, 0.3) is 0 Å². The second-order valence-corrected chi connectivity index (χ2v) is 7.45. The number of carbonyl (C=O) groups is 1. The third-order valence-electron chi connectivity index (χ3n) is 5.49. The summed E-state index contributed by atoms with van der Waals surface area (Å²) >= 11 is 0. The van der Waals surface area contributed by atoms with Crippen molar-refractivity contribution in [2.75, 3.05) is 40.0 Å². The van der Waals surface area contributed by atoms with Gasteiger partial charge in [0.05, 0.1) is 6.61 Å². The van der Waals surface area contributed by atoms with E-state index in [1.165, 1.54) is 31.2 Å². The van der Waals surface area contributed by atoms with E-state index in [2.05, 4.69) is 17.0 Å². The standard InChI is InChI=1S/C21H32N2O3/c1-25-16-19-7-3-6-14-23(19)15-18-8-10-20(11-9-18)26-17-21(24)22-12-4-2-5-13-22/h8-11,19H,2-7,12-17H2,1H3/t19-/m0/s1. The Bertz CT molecular complexity index is 553. The molecule has 144 valence electrons. The minimum absolute atomic E-state index is 0.101. The van der Waals surface area contributed by atoms with E-state index in [1.807, 2.05) is 17.0 Å². The summed E-state index contributed by atoms with van der Waals surface area (Å²) in [6.45, 7) is 4.78. The molecular weight excluding hydrogens is 328 g/mol. The normalized spacial score (nSPS) is 21.6. The average Bonchev–Trinajstić information content (AvgIpc) is 2.69. The van der Waals surface area contributed by atoms with Gasteiger partial charge >= 0.3 is 0 Å². The van der Waals surface area contributed by atoms with Gasteiger partial charge in [0.2, 0.25) is 0 Å². The number of likely N-dealkylation sites (tertiary alicyclic amines) is 2. The van der Waals surface area contributed by atoms with Crippen LogP contribution in [0.1, 0.15) is 44.1 Å². The number of nitrogens with zero attached hydrogens (tertiary/aromatic N) is 2. The van der Waals surface area contributed by atoms with Crippen LogP contribution in [-0.2, 0) is 16.1 Å². The van der Waals surface area contributed by atoms with Crippen LogP contribution in [0.5, 0.6) is 5.75 Å². The Morgan fingerprint density at radius 1 is 1.04 bits per heavy atom. The second kappa shape index (κ2) is 9.93. The van der Waals surface area contributed by atoms with Crippen LogP contribution in [0.2, 0.25) is 0 Å². The highest BCUT2D eigenvalue weighted by molar-refractivity contribution is 5.77. The smallest absolute Gasteiger partial charge is 0.260 e. The van der Waals surface area contributed by atoms with E-state index < -0.39 is 0 Å². The number of amides is 1. The van der Waals surface area contributed by atoms with E-state index in [9.17, 15) is 4.79 Å². The van der Waals surface area contributed by atoms with Crippen molar-refractivity contribution in [3.05, 3.63) is 29.8 Å². The van der Waals surface area contributed by atoms with Gasteiger partial charge in [0.15, 0.2) is 6.61 Å². The molecule has 2 aliphatic heterocycles. The Hall–Kier alpha value is -1.59. The first-order chi connectivity index (χ1) is 12.8. The number of hydrogen-bond donors (Lipinski definition) is 0. The van der Waals surface area contributed by atoms with Crippen LogP contribution >= 0.6 is 0 Å². The Labute approximate surface area is 157 Å². The third kappa shape index (κ3) is 5.45. The zero-order valence-electron chi connectivity index (χ0n) is 16.0. The lowest BCUT2D eigenvalue weighted by molar-refractivity contribution is -0.134. The van der Waals surface area contributed by atoms with Gasteiger partial charge in [-0.1, -0.05) is 18.6 Å². The molecule has 1 aromatic rings. The Morgan fingerprint density at radius 2 is 1.77 bits per heavy atom. The number of ether oxygens (including phenoxy) is 2. The lowest BCUT2D eigenvalue weighted by Gasteiger charge is -2.35. The largest absolute Gasteiger partial charge is 0.484 e. The van der Waals surface area contributed by atoms with Crippen LogP contribution in [0.15, 0.2) is 24.3 Å². The van der Waals surface area contributed by atoms with Crippen molar-refractivity contribution in [2.24, 2.45) is 0 Å². The lowest BCUT2D eigenvalue weighted by Crippen LogP contribution is -2.41. The van der Waals surface area contributed by atoms with Gasteiger partial charge in [-0.2, -0.15) is 0 Å².